The van der Waals surface area contributed by atoms with Crippen LogP contribution in [0.1, 0.15) is 17.7 Å². The monoisotopic (exact) mass is 393 g/mol. The Bertz CT molecular complexity index is 1030. The molecule has 9 nitrogen and oxygen atoms in total. The molecule has 1 saturated heterocycles. The van der Waals surface area contributed by atoms with Gasteiger partial charge in [0.25, 0.3) is 0 Å². The van der Waals surface area contributed by atoms with Gasteiger partial charge in [0, 0.05) is 31.6 Å². The standard InChI is InChI=1S/C20H23N7O2/c28-19(6-8-27-18-4-2-1-3-16(18)23-24-27)26-7-5-15-17(13-26)21-14-22-20(15)25-9-11-29-12-10-25/h1-4,14H,5-13H2. The minimum atomic E-state index is 0.113. The van der Waals surface area contributed by atoms with Gasteiger partial charge in [-0.25, -0.2) is 14.6 Å². The van der Waals surface area contributed by atoms with Gasteiger partial charge in [0.15, 0.2) is 0 Å². The SMILES string of the molecule is O=C(CCn1nnc2ccccc21)N1CCc2c(ncnc2N2CCOCC2)C1. The molecule has 9 heteroatoms. The van der Waals surface area contributed by atoms with Crippen LogP contribution in [0.25, 0.3) is 11.0 Å². The lowest BCUT2D eigenvalue weighted by atomic mass is 10.0. The lowest BCUT2D eigenvalue weighted by Crippen LogP contribution is -2.40. The molecule has 2 aliphatic heterocycles. The van der Waals surface area contributed by atoms with Gasteiger partial charge in [0.1, 0.15) is 17.7 Å². The number of ether oxygens (including phenoxy) is 1. The minimum Gasteiger partial charge on any atom is -0.378 e. The first-order valence-corrected chi connectivity index (χ1v) is 10.0. The van der Waals surface area contributed by atoms with E-state index >= 15 is 0 Å². The normalized spacial score (nSPS) is 16.8. The number of aromatic nitrogens is 5. The van der Waals surface area contributed by atoms with Gasteiger partial charge in [-0.05, 0) is 18.6 Å². The molecule has 0 saturated carbocycles. The van der Waals surface area contributed by atoms with Crippen molar-refractivity contribution in [1.82, 2.24) is 29.9 Å². The first kappa shape index (κ1) is 18.0. The fourth-order valence-electron chi connectivity index (χ4n) is 4.04. The molecule has 2 aliphatic rings. The average Bonchev–Trinajstić information content (AvgIpc) is 3.20. The third-order valence-corrected chi connectivity index (χ3v) is 5.61. The van der Waals surface area contributed by atoms with E-state index in [-0.39, 0.29) is 5.91 Å². The number of para-hydroxylation sites is 1. The second kappa shape index (κ2) is 7.75. The van der Waals surface area contributed by atoms with E-state index in [9.17, 15) is 4.79 Å². The zero-order valence-corrected chi connectivity index (χ0v) is 16.2. The van der Waals surface area contributed by atoms with Gasteiger partial charge in [-0.2, -0.15) is 0 Å². The van der Waals surface area contributed by atoms with Crippen LogP contribution in [0.3, 0.4) is 0 Å². The van der Waals surface area contributed by atoms with Crippen molar-refractivity contribution in [1.29, 1.82) is 0 Å². The molecule has 1 amide bonds. The Morgan fingerprint density at radius 1 is 1.10 bits per heavy atom. The van der Waals surface area contributed by atoms with Crippen molar-refractivity contribution in [2.24, 2.45) is 0 Å². The van der Waals surface area contributed by atoms with Crippen molar-refractivity contribution >= 4 is 22.8 Å². The second-order valence-electron chi connectivity index (χ2n) is 7.34. The lowest BCUT2D eigenvalue weighted by molar-refractivity contribution is -0.132. The van der Waals surface area contributed by atoms with Crippen LogP contribution in [-0.4, -0.2) is 68.6 Å². The number of benzene rings is 1. The number of rotatable bonds is 4. The van der Waals surface area contributed by atoms with Crippen LogP contribution < -0.4 is 4.90 Å². The smallest absolute Gasteiger partial charge is 0.224 e. The molecule has 2 aromatic heterocycles. The van der Waals surface area contributed by atoms with E-state index in [4.69, 9.17) is 4.74 Å². The van der Waals surface area contributed by atoms with Crippen LogP contribution in [0.15, 0.2) is 30.6 Å². The van der Waals surface area contributed by atoms with E-state index in [1.807, 2.05) is 29.2 Å². The highest BCUT2D eigenvalue weighted by atomic mass is 16.5. The summed E-state index contributed by atoms with van der Waals surface area (Å²) >= 11 is 0. The van der Waals surface area contributed by atoms with Crippen LogP contribution in [0, 0.1) is 0 Å². The molecule has 0 spiro atoms. The lowest BCUT2D eigenvalue weighted by Gasteiger charge is -2.33. The first-order valence-electron chi connectivity index (χ1n) is 10.0. The summed E-state index contributed by atoms with van der Waals surface area (Å²) in [6, 6.07) is 7.79. The zero-order valence-electron chi connectivity index (χ0n) is 16.2. The number of carbonyl (C=O) groups excluding carboxylic acids is 1. The van der Waals surface area contributed by atoms with Crippen molar-refractivity contribution < 1.29 is 9.53 Å². The molecule has 4 heterocycles. The molecule has 0 radical (unpaired) electrons. The van der Waals surface area contributed by atoms with E-state index in [2.05, 4.69) is 25.2 Å². The molecule has 29 heavy (non-hydrogen) atoms. The van der Waals surface area contributed by atoms with Crippen molar-refractivity contribution in [3.63, 3.8) is 0 Å². The third-order valence-electron chi connectivity index (χ3n) is 5.61. The Labute approximate surface area is 168 Å². The third kappa shape index (κ3) is 3.53. The summed E-state index contributed by atoms with van der Waals surface area (Å²) in [5.74, 6) is 1.11. The number of fused-ring (bicyclic) bond motifs is 2. The first-order chi connectivity index (χ1) is 14.3. The predicted molar refractivity (Wildman–Crippen MR) is 106 cm³/mol. The topological polar surface area (TPSA) is 89.3 Å². The quantitative estimate of drug-likeness (QED) is 0.654. The van der Waals surface area contributed by atoms with Crippen LogP contribution in [0.2, 0.25) is 0 Å². The largest absolute Gasteiger partial charge is 0.378 e. The van der Waals surface area contributed by atoms with E-state index < -0.39 is 0 Å². The maximum absolute atomic E-state index is 12.8. The van der Waals surface area contributed by atoms with Gasteiger partial charge >= 0.3 is 0 Å². The number of nitrogens with zero attached hydrogens (tertiary/aromatic N) is 7. The summed E-state index contributed by atoms with van der Waals surface area (Å²) < 4.78 is 7.24. The molecular formula is C20H23N7O2. The maximum atomic E-state index is 12.8. The molecule has 1 fully saturated rings. The zero-order chi connectivity index (χ0) is 19.6. The minimum absolute atomic E-state index is 0.113. The summed E-state index contributed by atoms with van der Waals surface area (Å²) in [5, 5.41) is 8.32. The molecule has 0 atom stereocenters. The number of hydrogen-bond donors (Lipinski definition) is 0. The summed E-state index contributed by atoms with van der Waals surface area (Å²) in [7, 11) is 0. The fraction of sp³-hybridized carbons (Fsp3) is 0.450. The van der Waals surface area contributed by atoms with Gasteiger partial charge in [-0.3, -0.25) is 4.79 Å². The molecule has 0 aliphatic carbocycles. The maximum Gasteiger partial charge on any atom is 0.224 e. The second-order valence-corrected chi connectivity index (χ2v) is 7.34. The Balaban J connectivity index is 1.26. The molecule has 0 unspecified atom stereocenters. The van der Waals surface area contributed by atoms with Gasteiger partial charge in [-0.15, -0.1) is 5.10 Å². The Morgan fingerprint density at radius 2 is 1.97 bits per heavy atom. The van der Waals surface area contributed by atoms with Gasteiger partial charge in [0.05, 0.1) is 37.5 Å². The summed E-state index contributed by atoms with van der Waals surface area (Å²) in [6.07, 6.45) is 2.78. The summed E-state index contributed by atoms with van der Waals surface area (Å²) in [4.78, 5) is 26.0. The average molecular weight is 393 g/mol. The van der Waals surface area contributed by atoms with Gasteiger partial charge < -0.3 is 14.5 Å². The van der Waals surface area contributed by atoms with Crippen LogP contribution in [0.5, 0.6) is 0 Å². The predicted octanol–water partition coefficient (Wildman–Crippen LogP) is 1.03. The van der Waals surface area contributed by atoms with Crippen molar-refractivity contribution in [2.45, 2.75) is 25.9 Å². The molecule has 150 valence electrons. The van der Waals surface area contributed by atoms with Crippen molar-refractivity contribution in [2.75, 3.05) is 37.7 Å². The van der Waals surface area contributed by atoms with Crippen LogP contribution >= 0.6 is 0 Å². The molecule has 1 aromatic carbocycles. The number of carbonyl (C=O) groups is 1. The highest BCUT2D eigenvalue weighted by Gasteiger charge is 2.26. The van der Waals surface area contributed by atoms with Crippen LogP contribution in [0.4, 0.5) is 5.82 Å². The number of morpholine rings is 1. The molecule has 0 N–H and O–H groups in total. The number of amides is 1. The Hall–Kier alpha value is -3.07. The molecule has 0 bridgehead atoms. The molecular weight excluding hydrogens is 370 g/mol. The Kier molecular flexibility index (Phi) is 4.81. The number of hydrogen-bond acceptors (Lipinski definition) is 7. The number of anilines is 1. The van der Waals surface area contributed by atoms with Crippen molar-refractivity contribution in [3.8, 4) is 0 Å². The van der Waals surface area contributed by atoms with E-state index in [1.165, 1.54) is 5.56 Å². The van der Waals surface area contributed by atoms with Gasteiger partial charge in [-0.1, -0.05) is 17.3 Å². The van der Waals surface area contributed by atoms with Crippen molar-refractivity contribution in [3.05, 3.63) is 41.9 Å². The molecule has 3 aromatic rings. The molecule has 5 rings (SSSR count). The van der Waals surface area contributed by atoms with E-state index in [0.29, 0.717) is 26.1 Å². The Morgan fingerprint density at radius 3 is 2.86 bits per heavy atom. The van der Waals surface area contributed by atoms with Crippen LogP contribution in [-0.2, 0) is 29.0 Å². The highest BCUT2D eigenvalue weighted by molar-refractivity contribution is 5.77. The number of aryl methyl sites for hydroxylation is 1. The van der Waals surface area contributed by atoms with E-state index in [0.717, 1.165) is 55.3 Å². The summed E-state index contributed by atoms with van der Waals surface area (Å²) in [6.45, 7) is 4.88. The van der Waals surface area contributed by atoms with E-state index in [1.54, 1.807) is 11.0 Å². The van der Waals surface area contributed by atoms with Gasteiger partial charge in [0.2, 0.25) is 5.91 Å². The fourth-order valence-corrected chi connectivity index (χ4v) is 4.04. The summed E-state index contributed by atoms with van der Waals surface area (Å²) in [5.41, 5.74) is 3.92. The highest BCUT2D eigenvalue weighted by Crippen LogP contribution is 2.26.